The molecule has 0 unspecified atom stereocenters. The molecule has 2 rings (SSSR count). The van der Waals surface area contributed by atoms with E-state index in [0.29, 0.717) is 6.42 Å². The predicted octanol–water partition coefficient (Wildman–Crippen LogP) is 0.630. The van der Waals surface area contributed by atoms with Crippen LogP contribution in [0.5, 0.6) is 0 Å². The van der Waals surface area contributed by atoms with Gasteiger partial charge in [-0.25, -0.2) is 0 Å². The molecule has 1 saturated carbocycles. The van der Waals surface area contributed by atoms with E-state index in [-0.39, 0.29) is 23.7 Å². The van der Waals surface area contributed by atoms with E-state index in [2.05, 4.69) is 0 Å². The molecule has 5 heteroatoms. The zero-order valence-corrected chi connectivity index (χ0v) is 7.53. The van der Waals surface area contributed by atoms with Crippen molar-refractivity contribution in [2.75, 3.05) is 0 Å². The second-order valence-electron chi connectivity index (χ2n) is 3.51. The van der Waals surface area contributed by atoms with Crippen LogP contribution in [-0.2, 0) is 14.3 Å². The Hall–Kier alpha value is -0.770. The lowest BCUT2D eigenvalue weighted by Crippen LogP contribution is -2.38. The number of hydrogen-bond acceptors (Lipinski definition) is 3. The van der Waals surface area contributed by atoms with E-state index in [1.54, 1.807) is 0 Å². The number of carbonyl (C=O) groups is 2. The SMILES string of the molecule is O=C1C[C@@H]2[C@@H](C(=O)O)[C@@H](C[C@H]2Cl)O1. The molecule has 4 atom stereocenters. The van der Waals surface area contributed by atoms with E-state index < -0.39 is 18.0 Å². The van der Waals surface area contributed by atoms with Gasteiger partial charge < -0.3 is 9.84 Å². The zero-order valence-electron chi connectivity index (χ0n) is 6.77. The monoisotopic (exact) mass is 204 g/mol. The fraction of sp³-hybridized carbons (Fsp3) is 0.750. The number of carboxylic acid groups (broad SMARTS) is 1. The third-order valence-corrected chi connectivity index (χ3v) is 3.26. The van der Waals surface area contributed by atoms with Crippen molar-refractivity contribution in [3.8, 4) is 0 Å². The molecule has 1 N–H and O–H groups in total. The van der Waals surface area contributed by atoms with Crippen molar-refractivity contribution in [1.82, 2.24) is 0 Å². The average molecular weight is 205 g/mol. The molecule has 1 heterocycles. The first-order chi connectivity index (χ1) is 6.09. The molecule has 2 aliphatic rings. The van der Waals surface area contributed by atoms with Crippen LogP contribution in [0.1, 0.15) is 12.8 Å². The van der Waals surface area contributed by atoms with Crippen LogP contribution in [0.2, 0.25) is 0 Å². The first-order valence-electron chi connectivity index (χ1n) is 4.16. The van der Waals surface area contributed by atoms with Crippen molar-refractivity contribution in [3.05, 3.63) is 0 Å². The van der Waals surface area contributed by atoms with Crippen molar-refractivity contribution in [2.24, 2.45) is 11.8 Å². The van der Waals surface area contributed by atoms with Crippen molar-refractivity contribution in [3.63, 3.8) is 0 Å². The van der Waals surface area contributed by atoms with Crippen LogP contribution >= 0.6 is 11.6 Å². The molecule has 0 radical (unpaired) electrons. The topological polar surface area (TPSA) is 63.6 Å². The Kier molecular flexibility index (Phi) is 1.95. The van der Waals surface area contributed by atoms with Gasteiger partial charge in [-0.2, -0.15) is 0 Å². The van der Waals surface area contributed by atoms with Gasteiger partial charge in [0.1, 0.15) is 6.10 Å². The number of fused-ring (bicyclic) bond motifs is 2. The van der Waals surface area contributed by atoms with Crippen molar-refractivity contribution < 1.29 is 19.4 Å². The Morgan fingerprint density at radius 1 is 1.62 bits per heavy atom. The molecule has 13 heavy (non-hydrogen) atoms. The van der Waals surface area contributed by atoms with Crippen LogP contribution in [-0.4, -0.2) is 28.5 Å². The lowest BCUT2D eigenvalue weighted by molar-refractivity contribution is -0.165. The largest absolute Gasteiger partial charge is 0.481 e. The smallest absolute Gasteiger partial charge is 0.310 e. The fourth-order valence-corrected chi connectivity index (χ4v) is 2.59. The molecule has 1 aliphatic carbocycles. The van der Waals surface area contributed by atoms with Gasteiger partial charge in [-0.05, 0) is 0 Å². The van der Waals surface area contributed by atoms with Gasteiger partial charge in [-0.3, -0.25) is 9.59 Å². The van der Waals surface area contributed by atoms with Crippen LogP contribution in [0.3, 0.4) is 0 Å². The Morgan fingerprint density at radius 3 is 2.85 bits per heavy atom. The normalized spacial score (nSPS) is 43.0. The molecule has 0 aromatic heterocycles. The lowest BCUT2D eigenvalue weighted by atomic mass is 9.90. The summed E-state index contributed by atoms with van der Waals surface area (Å²) < 4.78 is 4.92. The maximum Gasteiger partial charge on any atom is 0.310 e. The predicted molar refractivity (Wildman–Crippen MR) is 43.4 cm³/mol. The Morgan fingerprint density at radius 2 is 2.31 bits per heavy atom. The van der Waals surface area contributed by atoms with Crippen LogP contribution in [0.4, 0.5) is 0 Å². The van der Waals surface area contributed by atoms with E-state index in [1.807, 2.05) is 0 Å². The van der Waals surface area contributed by atoms with Crippen molar-refractivity contribution >= 4 is 23.5 Å². The molecular formula is C8H9ClO4. The highest BCUT2D eigenvalue weighted by molar-refractivity contribution is 6.21. The summed E-state index contributed by atoms with van der Waals surface area (Å²) in [6, 6.07) is 0. The van der Waals surface area contributed by atoms with Crippen LogP contribution < -0.4 is 0 Å². The van der Waals surface area contributed by atoms with Gasteiger partial charge in [0.25, 0.3) is 0 Å². The third kappa shape index (κ3) is 1.29. The highest BCUT2D eigenvalue weighted by Crippen LogP contribution is 2.43. The summed E-state index contributed by atoms with van der Waals surface area (Å²) in [6.45, 7) is 0. The van der Waals surface area contributed by atoms with Gasteiger partial charge in [0.15, 0.2) is 0 Å². The summed E-state index contributed by atoms with van der Waals surface area (Å²) in [4.78, 5) is 21.8. The van der Waals surface area contributed by atoms with Crippen molar-refractivity contribution in [1.29, 1.82) is 0 Å². The Bertz CT molecular complexity index is 265. The van der Waals surface area contributed by atoms with Crippen LogP contribution in [0.25, 0.3) is 0 Å². The minimum Gasteiger partial charge on any atom is -0.481 e. The summed E-state index contributed by atoms with van der Waals surface area (Å²) in [5.74, 6) is -2.08. The maximum absolute atomic E-state index is 11.0. The highest BCUT2D eigenvalue weighted by Gasteiger charge is 2.52. The number of carbonyl (C=O) groups excluding carboxylic acids is 1. The number of halogens is 1. The summed E-state index contributed by atoms with van der Waals surface area (Å²) in [7, 11) is 0. The van der Waals surface area contributed by atoms with E-state index in [1.165, 1.54) is 0 Å². The van der Waals surface area contributed by atoms with E-state index >= 15 is 0 Å². The Labute approximate surface area is 79.8 Å². The van der Waals surface area contributed by atoms with Gasteiger partial charge >= 0.3 is 11.9 Å². The summed E-state index contributed by atoms with van der Waals surface area (Å²) >= 11 is 5.92. The second kappa shape index (κ2) is 2.87. The molecule has 72 valence electrons. The number of rotatable bonds is 1. The maximum atomic E-state index is 11.0. The van der Waals surface area contributed by atoms with Gasteiger partial charge in [0.2, 0.25) is 0 Å². The minimum absolute atomic E-state index is 0.141. The molecule has 0 spiro atoms. The van der Waals surface area contributed by atoms with Gasteiger partial charge in [-0.15, -0.1) is 11.6 Å². The second-order valence-corrected chi connectivity index (χ2v) is 4.07. The quantitative estimate of drug-likeness (QED) is 0.503. The lowest BCUT2D eigenvalue weighted by Gasteiger charge is -2.26. The molecule has 0 amide bonds. The van der Waals surface area contributed by atoms with E-state index in [9.17, 15) is 9.59 Å². The summed E-state index contributed by atoms with van der Waals surface area (Å²) in [5.41, 5.74) is 0. The molecule has 2 fully saturated rings. The first kappa shape index (κ1) is 8.81. The molecule has 2 bridgehead atoms. The van der Waals surface area contributed by atoms with Gasteiger partial charge in [-0.1, -0.05) is 0 Å². The third-order valence-electron chi connectivity index (χ3n) is 2.75. The molecule has 4 nitrogen and oxygen atoms in total. The standard InChI is InChI=1S/C8H9ClO4/c9-4-2-5-7(8(11)12)3(4)1-6(10)13-5/h3-5,7H,1-2H2,(H,11,12)/t3-,4+,5+,7+/m0/s1. The number of hydrogen-bond donors (Lipinski definition) is 1. The molecular weight excluding hydrogens is 196 g/mol. The van der Waals surface area contributed by atoms with Gasteiger partial charge in [0, 0.05) is 17.7 Å². The number of ether oxygens (including phenoxy) is 1. The van der Waals surface area contributed by atoms with Crippen LogP contribution in [0, 0.1) is 11.8 Å². The summed E-state index contributed by atoms with van der Waals surface area (Å²) in [6.07, 6.45) is 0.0996. The minimum atomic E-state index is -0.911. The number of carboxylic acids is 1. The first-order valence-corrected chi connectivity index (χ1v) is 4.59. The fourth-order valence-electron chi connectivity index (χ4n) is 2.17. The zero-order chi connectivity index (χ0) is 9.59. The highest BCUT2D eigenvalue weighted by atomic mass is 35.5. The van der Waals surface area contributed by atoms with Gasteiger partial charge in [0.05, 0.1) is 12.3 Å². The number of aliphatic carboxylic acids is 1. The molecule has 1 saturated heterocycles. The Balaban J connectivity index is 2.24. The summed E-state index contributed by atoms with van der Waals surface area (Å²) in [5, 5.41) is 8.63. The molecule has 0 aromatic carbocycles. The van der Waals surface area contributed by atoms with Crippen molar-refractivity contribution in [2.45, 2.75) is 24.3 Å². The molecule has 0 aromatic rings. The molecule has 1 aliphatic heterocycles. The van der Waals surface area contributed by atoms with E-state index in [0.717, 1.165) is 0 Å². The van der Waals surface area contributed by atoms with E-state index in [4.69, 9.17) is 21.4 Å². The number of alkyl halides is 1. The van der Waals surface area contributed by atoms with Crippen LogP contribution in [0.15, 0.2) is 0 Å². The average Bonchev–Trinajstić information content (AvgIpc) is 2.21. The number of esters is 1.